The van der Waals surface area contributed by atoms with Gasteiger partial charge in [0.2, 0.25) is 5.78 Å². The van der Waals surface area contributed by atoms with Gasteiger partial charge in [-0.05, 0) is 61.6 Å². The minimum absolute atomic E-state index is 0.0625. The van der Waals surface area contributed by atoms with Crippen molar-refractivity contribution in [3.05, 3.63) is 57.3 Å². The molecule has 4 heteroatoms. The van der Waals surface area contributed by atoms with E-state index in [1.54, 1.807) is 20.3 Å². The zero-order valence-electron chi connectivity index (χ0n) is 15.5. The fourth-order valence-electron chi connectivity index (χ4n) is 3.25. The molecule has 0 bridgehead atoms. The predicted octanol–water partition coefficient (Wildman–Crippen LogP) is 4.59. The molecule has 130 valence electrons. The van der Waals surface area contributed by atoms with Crippen molar-refractivity contribution >= 4 is 17.5 Å². The molecule has 3 rings (SSSR count). The Hall–Kier alpha value is -2.75. The largest absolute Gasteiger partial charge is 0.497 e. The lowest BCUT2D eigenvalue weighted by Crippen LogP contribution is -2.03. The van der Waals surface area contributed by atoms with Gasteiger partial charge in [-0.1, -0.05) is 6.07 Å². The molecule has 2 aromatic carbocycles. The summed E-state index contributed by atoms with van der Waals surface area (Å²) in [6.07, 6.45) is 1.94. The molecule has 0 radical (unpaired) electrons. The van der Waals surface area contributed by atoms with Gasteiger partial charge in [-0.2, -0.15) is 0 Å². The first kappa shape index (κ1) is 17.1. The van der Waals surface area contributed by atoms with Gasteiger partial charge in [-0.25, -0.2) is 0 Å². The number of benzene rings is 2. The molecule has 0 aromatic heterocycles. The van der Waals surface area contributed by atoms with Crippen LogP contribution in [-0.2, 0) is 0 Å². The maximum atomic E-state index is 12.9. The van der Waals surface area contributed by atoms with E-state index in [0.29, 0.717) is 28.4 Å². The maximum absolute atomic E-state index is 12.9. The summed E-state index contributed by atoms with van der Waals surface area (Å²) >= 11 is 0. The van der Waals surface area contributed by atoms with Gasteiger partial charge in [0.05, 0.1) is 31.2 Å². The zero-order valence-corrected chi connectivity index (χ0v) is 15.5. The minimum atomic E-state index is -0.0625. The molecule has 1 N–H and O–H groups in total. The summed E-state index contributed by atoms with van der Waals surface area (Å²) in [6.45, 7) is 8.36. The number of nitrogens with one attached hydrogen (secondary N) is 1. The number of aryl methyl sites for hydroxylation is 2. The van der Waals surface area contributed by atoms with Crippen molar-refractivity contribution in [3.63, 3.8) is 0 Å². The van der Waals surface area contributed by atoms with E-state index < -0.39 is 0 Å². The van der Waals surface area contributed by atoms with Crippen molar-refractivity contribution in [2.45, 2.75) is 27.7 Å². The summed E-state index contributed by atoms with van der Waals surface area (Å²) in [7, 11) is 3.15. The minimum Gasteiger partial charge on any atom is -0.497 e. The maximum Gasteiger partial charge on any atom is 0.215 e. The highest BCUT2D eigenvalue weighted by Gasteiger charge is 2.29. The Labute approximate surface area is 148 Å². The monoisotopic (exact) mass is 337 g/mol. The lowest BCUT2D eigenvalue weighted by atomic mass is 9.93. The molecule has 0 fully saturated rings. The van der Waals surface area contributed by atoms with Crippen LogP contribution in [0.3, 0.4) is 0 Å². The Morgan fingerprint density at radius 1 is 0.920 bits per heavy atom. The summed E-state index contributed by atoms with van der Waals surface area (Å²) in [5.41, 5.74) is 7.72. The summed E-state index contributed by atoms with van der Waals surface area (Å²) in [4.78, 5) is 12.9. The molecule has 0 atom stereocenters. The molecule has 25 heavy (non-hydrogen) atoms. The van der Waals surface area contributed by atoms with Crippen LogP contribution in [0.25, 0.3) is 6.08 Å². The number of methoxy groups -OCH3 is 2. The Morgan fingerprint density at radius 2 is 1.56 bits per heavy atom. The fraction of sp³-hybridized carbons (Fsp3) is 0.286. The number of ether oxygens (including phenoxy) is 2. The number of hydrogen-bond acceptors (Lipinski definition) is 4. The number of anilines is 1. The molecule has 1 heterocycles. The first-order valence-corrected chi connectivity index (χ1v) is 8.24. The molecule has 0 aliphatic carbocycles. The van der Waals surface area contributed by atoms with Crippen molar-refractivity contribution in [3.8, 4) is 11.5 Å². The number of hydrogen-bond donors (Lipinski definition) is 1. The van der Waals surface area contributed by atoms with Gasteiger partial charge < -0.3 is 14.8 Å². The summed E-state index contributed by atoms with van der Waals surface area (Å²) in [5.74, 6) is 1.10. The SMILES string of the molecule is COc1cc2c(c(OC)c1)C(=O)/C(=C/c1c(C)c(C)cc(C)c1C)N2. The van der Waals surface area contributed by atoms with Crippen molar-refractivity contribution in [1.82, 2.24) is 0 Å². The van der Waals surface area contributed by atoms with Crippen LogP contribution in [0.1, 0.15) is 38.2 Å². The summed E-state index contributed by atoms with van der Waals surface area (Å²) < 4.78 is 10.7. The average Bonchev–Trinajstić information content (AvgIpc) is 2.91. The standard InChI is InChI=1S/C21H23NO3/c1-11-7-12(2)14(4)16(13(11)3)10-18-21(23)20-17(22-18)8-15(24-5)9-19(20)25-6/h7-10,22H,1-6H3/b18-10-. The van der Waals surface area contributed by atoms with Crippen molar-refractivity contribution < 1.29 is 14.3 Å². The first-order chi connectivity index (χ1) is 11.9. The summed E-state index contributed by atoms with van der Waals surface area (Å²) in [6, 6.07) is 5.73. The normalized spacial score (nSPS) is 14.5. The van der Waals surface area contributed by atoms with Crippen LogP contribution in [0.5, 0.6) is 11.5 Å². The first-order valence-electron chi connectivity index (χ1n) is 8.24. The Balaban J connectivity index is 2.13. The van der Waals surface area contributed by atoms with Gasteiger partial charge in [0.25, 0.3) is 0 Å². The molecule has 0 spiro atoms. The molecule has 1 aliphatic heterocycles. The van der Waals surface area contributed by atoms with Crippen LogP contribution >= 0.6 is 0 Å². The Kier molecular flexibility index (Phi) is 4.29. The van der Waals surface area contributed by atoms with Crippen LogP contribution in [0.2, 0.25) is 0 Å². The average molecular weight is 337 g/mol. The number of carbonyl (C=O) groups excluding carboxylic acids is 1. The van der Waals surface area contributed by atoms with E-state index >= 15 is 0 Å². The van der Waals surface area contributed by atoms with Crippen molar-refractivity contribution in [2.75, 3.05) is 19.5 Å². The second kappa shape index (κ2) is 6.28. The molecule has 0 amide bonds. The quantitative estimate of drug-likeness (QED) is 0.833. The van der Waals surface area contributed by atoms with E-state index in [0.717, 1.165) is 5.56 Å². The molecule has 0 unspecified atom stereocenters. The van der Waals surface area contributed by atoms with E-state index in [4.69, 9.17) is 9.47 Å². The van der Waals surface area contributed by atoms with Gasteiger partial charge in [0.15, 0.2) is 0 Å². The summed E-state index contributed by atoms with van der Waals surface area (Å²) in [5, 5.41) is 3.23. The second-order valence-corrected chi connectivity index (χ2v) is 6.44. The molecular formula is C21H23NO3. The molecule has 0 saturated carbocycles. The Morgan fingerprint density at radius 3 is 2.12 bits per heavy atom. The van der Waals surface area contributed by atoms with E-state index in [2.05, 4.69) is 39.1 Å². The van der Waals surface area contributed by atoms with Crippen molar-refractivity contribution in [2.24, 2.45) is 0 Å². The van der Waals surface area contributed by atoms with Gasteiger partial charge in [0, 0.05) is 12.1 Å². The van der Waals surface area contributed by atoms with E-state index in [1.165, 1.54) is 22.3 Å². The molecule has 1 aliphatic rings. The van der Waals surface area contributed by atoms with E-state index in [1.807, 2.05) is 12.1 Å². The van der Waals surface area contributed by atoms with Crippen LogP contribution < -0.4 is 14.8 Å². The number of Topliss-reactive ketones (excluding diaryl/α,β-unsaturated/α-hetero) is 1. The highest BCUT2D eigenvalue weighted by atomic mass is 16.5. The smallest absolute Gasteiger partial charge is 0.215 e. The van der Waals surface area contributed by atoms with Gasteiger partial charge in [0.1, 0.15) is 11.5 Å². The number of allylic oxidation sites excluding steroid dienone is 1. The van der Waals surface area contributed by atoms with Crippen LogP contribution in [0.15, 0.2) is 23.9 Å². The van der Waals surface area contributed by atoms with E-state index in [-0.39, 0.29) is 5.78 Å². The third kappa shape index (κ3) is 2.78. The van der Waals surface area contributed by atoms with E-state index in [9.17, 15) is 4.79 Å². The van der Waals surface area contributed by atoms with Gasteiger partial charge in [-0.15, -0.1) is 0 Å². The lowest BCUT2D eigenvalue weighted by molar-refractivity contribution is 0.104. The third-order valence-corrected chi connectivity index (χ3v) is 4.99. The molecular weight excluding hydrogens is 314 g/mol. The van der Waals surface area contributed by atoms with Gasteiger partial charge in [-0.3, -0.25) is 4.79 Å². The molecule has 2 aromatic rings. The zero-order chi connectivity index (χ0) is 18.3. The highest BCUT2D eigenvalue weighted by Crippen LogP contribution is 2.39. The number of ketones is 1. The van der Waals surface area contributed by atoms with Crippen LogP contribution in [0, 0.1) is 27.7 Å². The topological polar surface area (TPSA) is 47.6 Å². The Bertz CT molecular complexity index is 884. The number of carbonyl (C=O) groups is 1. The number of rotatable bonds is 3. The third-order valence-electron chi connectivity index (χ3n) is 4.99. The van der Waals surface area contributed by atoms with Crippen molar-refractivity contribution in [1.29, 1.82) is 0 Å². The lowest BCUT2D eigenvalue weighted by Gasteiger charge is -2.13. The van der Waals surface area contributed by atoms with Crippen LogP contribution in [0.4, 0.5) is 5.69 Å². The van der Waals surface area contributed by atoms with Gasteiger partial charge >= 0.3 is 0 Å². The second-order valence-electron chi connectivity index (χ2n) is 6.44. The van der Waals surface area contributed by atoms with Crippen LogP contribution in [-0.4, -0.2) is 20.0 Å². The predicted molar refractivity (Wildman–Crippen MR) is 101 cm³/mol. The number of fused-ring (bicyclic) bond motifs is 1. The highest BCUT2D eigenvalue weighted by molar-refractivity contribution is 6.22. The fourth-order valence-corrected chi connectivity index (χ4v) is 3.25. The molecule has 4 nitrogen and oxygen atoms in total. The molecule has 0 saturated heterocycles.